The zero-order valence-corrected chi connectivity index (χ0v) is 9.31. The van der Waals surface area contributed by atoms with E-state index in [0.717, 1.165) is 5.57 Å². The highest BCUT2D eigenvalue weighted by molar-refractivity contribution is 5.37. The Balaban J connectivity index is 2.45. The zero-order chi connectivity index (χ0) is 11.8. The average Bonchev–Trinajstić information content (AvgIpc) is 2.34. The number of nitrogens with one attached hydrogen (secondary N) is 1. The molecular formula is C12H15N3O. The SMILES string of the molecule is C=C/C=C\C(=C)CNc1ccc(OC)nn1. The average molecular weight is 217 g/mol. The Morgan fingerprint density at radius 1 is 1.50 bits per heavy atom. The molecule has 0 spiro atoms. The van der Waals surface area contributed by atoms with E-state index in [9.17, 15) is 0 Å². The van der Waals surface area contributed by atoms with Crippen molar-refractivity contribution in [3.05, 3.63) is 49.1 Å². The first-order valence-corrected chi connectivity index (χ1v) is 4.84. The third-order valence-corrected chi connectivity index (χ3v) is 1.81. The van der Waals surface area contributed by atoms with Crippen LogP contribution in [0, 0.1) is 0 Å². The van der Waals surface area contributed by atoms with Gasteiger partial charge in [-0.25, -0.2) is 0 Å². The molecule has 0 fully saturated rings. The first-order chi connectivity index (χ1) is 7.76. The van der Waals surface area contributed by atoms with E-state index in [1.807, 2.05) is 12.2 Å². The van der Waals surface area contributed by atoms with Gasteiger partial charge < -0.3 is 10.1 Å². The largest absolute Gasteiger partial charge is 0.480 e. The minimum atomic E-state index is 0.496. The van der Waals surface area contributed by atoms with E-state index in [4.69, 9.17) is 4.74 Å². The molecule has 4 nitrogen and oxygen atoms in total. The third kappa shape index (κ3) is 3.96. The Labute approximate surface area is 95.4 Å². The van der Waals surface area contributed by atoms with Crippen molar-refractivity contribution >= 4 is 5.82 Å². The lowest BCUT2D eigenvalue weighted by molar-refractivity contribution is 0.392. The molecule has 0 atom stereocenters. The smallest absolute Gasteiger partial charge is 0.233 e. The number of hydrogen-bond donors (Lipinski definition) is 1. The van der Waals surface area contributed by atoms with Crippen molar-refractivity contribution in [3.8, 4) is 5.88 Å². The molecule has 16 heavy (non-hydrogen) atoms. The first kappa shape index (κ1) is 12.0. The second-order valence-electron chi connectivity index (χ2n) is 3.07. The van der Waals surface area contributed by atoms with Gasteiger partial charge in [0.1, 0.15) is 5.82 Å². The van der Waals surface area contributed by atoms with Crippen LogP contribution >= 0.6 is 0 Å². The third-order valence-electron chi connectivity index (χ3n) is 1.81. The summed E-state index contributed by atoms with van der Waals surface area (Å²) in [5.74, 6) is 1.19. The Bertz CT molecular complexity index is 382. The molecule has 0 aliphatic carbocycles. The summed E-state index contributed by atoms with van der Waals surface area (Å²) in [5.41, 5.74) is 0.942. The molecule has 84 valence electrons. The van der Waals surface area contributed by atoms with Gasteiger partial charge in [-0.3, -0.25) is 0 Å². The van der Waals surface area contributed by atoms with E-state index >= 15 is 0 Å². The van der Waals surface area contributed by atoms with Gasteiger partial charge in [0.15, 0.2) is 0 Å². The van der Waals surface area contributed by atoms with Gasteiger partial charge in [-0.1, -0.05) is 31.4 Å². The van der Waals surface area contributed by atoms with Gasteiger partial charge >= 0.3 is 0 Å². The zero-order valence-electron chi connectivity index (χ0n) is 9.31. The molecule has 1 heterocycles. The number of ether oxygens (including phenoxy) is 1. The highest BCUT2D eigenvalue weighted by atomic mass is 16.5. The summed E-state index contributed by atoms with van der Waals surface area (Å²) in [6.45, 7) is 8.07. The maximum Gasteiger partial charge on any atom is 0.233 e. The molecule has 0 unspecified atom stereocenters. The van der Waals surface area contributed by atoms with E-state index in [2.05, 4.69) is 28.7 Å². The standard InChI is InChI=1S/C12H15N3O/c1-4-5-6-10(2)9-13-11-7-8-12(16-3)15-14-11/h4-8H,1-2,9H2,3H3,(H,13,14)/b6-5-. The highest BCUT2D eigenvalue weighted by Crippen LogP contribution is 2.07. The summed E-state index contributed by atoms with van der Waals surface area (Å²) in [4.78, 5) is 0. The van der Waals surface area contributed by atoms with Crippen LogP contribution in [0.4, 0.5) is 5.82 Å². The molecule has 0 aliphatic rings. The van der Waals surface area contributed by atoms with Crippen LogP contribution in [0.2, 0.25) is 0 Å². The van der Waals surface area contributed by atoms with E-state index in [1.54, 1.807) is 25.3 Å². The van der Waals surface area contributed by atoms with E-state index < -0.39 is 0 Å². The molecule has 0 saturated heterocycles. The highest BCUT2D eigenvalue weighted by Gasteiger charge is 1.96. The molecule has 0 bridgehead atoms. The van der Waals surface area contributed by atoms with Gasteiger partial charge in [-0.2, -0.15) is 0 Å². The predicted molar refractivity (Wildman–Crippen MR) is 65.6 cm³/mol. The van der Waals surface area contributed by atoms with Crippen molar-refractivity contribution in [3.63, 3.8) is 0 Å². The van der Waals surface area contributed by atoms with E-state index in [-0.39, 0.29) is 0 Å². The second-order valence-corrected chi connectivity index (χ2v) is 3.07. The van der Waals surface area contributed by atoms with Crippen molar-refractivity contribution in [2.75, 3.05) is 19.0 Å². The van der Waals surface area contributed by atoms with Crippen LogP contribution in [0.3, 0.4) is 0 Å². The molecule has 1 aromatic rings. The quantitative estimate of drug-likeness (QED) is 0.742. The van der Waals surface area contributed by atoms with Crippen molar-refractivity contribution in [1.29, 1.82) is 0 Å². The van der Waals surface area contributed by atoms with Crippen LogP contribution < -0.4 is 10.1 Å². The molecule has 0 amide bonds. The molecular weight excluding hydrogens is 202 g/mol. The summed E-state index contributed by atoms with van der Waals surface area (Å²) >= 11 is 0. The normalized spacial score (nSPS) is 10.1. The fourth-order valence-electron chi connectivity index (χ4n) is 0.990. The predicted octanol–water partition coefficient (Wildman–Crippen LogP) is 2.20. The molecule has 1 aromatic heterocycles. The van der Waals surface area contributed by atoms with E-state index in [1.165, 1.54) is 0 Å². The minimum Gasteiger partial charge on any atom is -0.480 e. The number of aromatic nitrogens is 2. The van der Waals surface area contributed by atoms with Crippen LogP contribution in [-0.2, 0) is 0 Å². The topological polar surface area (TPSA) is 47.0 Å². The maximum atomic E-state index is 4.91. The van der Waals surface area contributed by atoms with Crippen LogP contribution in [0.15, 0.2) is 49.1 Å². The van der Waals surface area contributed by atoms with Gasteiger partial charge in [-0.05, 0) is 11.6 Å². The lowest BCUT2D eigenvalue weighted by Gasteiger charge is -2.04. The van der Waals surface area contributed by atoms with Gasteiger partial charge in [0, 0.05) is 12.6 Å². The van der Waals surface area contributed by atoms with Crippen LogP contribution in [0.5, 0.6) is 5.88 Å². The van der Waals surface area contributed by atoms with Crippen molar-refractivity contribution in [2.24, 2.45) is 0 Å². The number of nitrogens with zero attached hydrogens (tertiary/aromatic N) is 2. The monoisotopic (exact) mass is 217 g/mol. The number of anilines is 1. The fraction of sp³-hybridized carbons (Fsp3) is 0.167. The van der Waals surface area contributed by atoms with Gasteiger partial charge in [0.25, 0.3) is 0 Å². The molecule has 0 aromatic carbocycles. The minimum absolute atomic E-state index is 0.496. The lowest BCUT2D eigenvalue weighted by Crippen LogP contribution is -2.05. The van der Waals surface area contributed by atoms with Crippen LogP contribution in [-0.4, -0.2) is 23.9 Å². The molecule has 1 rings (SSSR count). The Morgan fingerprint density at radius 3 is 2.88 bits per heavy atom. The first-order valence-electron chi connectivity index (χ1n) is 4.84. The number of hydrogen-bond acceptors (Lipinski definition) is 4. The number of rotatable bonds is 6. The van der Waals surface area contributed by atoms with Crippen LogP contribution in [0.1, 0.15) is 0 Å². The van der Waals surface area contributed by atoms with Gasteiger partial charge in [-0.15, -0.1) is 10.2 Å². The van der Waals surface area contributed by atoms with Crippen molar-refractivity contribution in [2.45, 2.75) is 0 Å². The Morgan fingerprint density at radius 2 is 2.31 bits per heavy atom. The summed E-state index contributed by atoms with van der Waals surface area (Å²) < 4.78 is 4.91. The summed E-state index contributed by atoms with van der Waals surface area (Å²) in [6, 6.07) is 3.55. The fourth-order valence-corrected chi connectivity index (χ4v) is 0.990. The lowest BCUT2D eigenvalue weighted by atomic mass is 10.2. The van der Waals surface area contributed by atoms with Crippen molar-refractivity contribution in [1.82, 2.24) is 10.2 Å². The Hall–Kier alpha value is -2.10. The maximum absolute atomic E-state index is 4.91. The molecule has 0 radical (unpaired) electrons. The molecule has 0 saturated carbocycles. The summed E-state index contributed by atoms with van der Waals surface area (Å²) in [7, 11) is 1.55. The van der Waals surface area contributed by atoms with E-state index in [0.29, 0.717) is 18.2 Å². The van der Waals surface area contributed by atoms with Gasteiger partial charge in [0.2, 0.25) is 5.88 Å². The van der Waals surface area contributed by atoms with Crippen molar-refractivity contribution < 1.29 is 4.74 Å². The molecule has 0 aliphatic heterocycles. The second kappa shape index (κ2) is 6.40. The number of methoxy groups -OCH3 is 1. The number of allylic oxidation sites excluding steroid dienone is 2. The van der Waals surface area contributed by atoms with Gasteiger partial charge in [0.05, 0.1) is 7.11 Å². The molecule has 4 heteroatoms. The summed E-state index contributed by atoms with van der Waals surface area (Å²) in [5, 5.41) is 10.9. The summed E-state index contributed by atoms with van der Waals surface area (Å²) in [6.07, 6.45) is 5.43. The van der Waals surface area contributed by atoms with Crippen LogP contribution in [0.25, 0.3) is 0 Å². The molecule has 1 N–H and O–H groups in total. The Kier molecular flexibility index (Phi) is 4.79.